The maximum absolute atomic E-state index is 11.7. The Kier molecular flexibility index (Phi) is 3.44. The molecule has 0 radical (unpaired) electrons. The van der Waals surface area contributed by atoms with Crippen LogP contribution in [-0.2, 0) is 11.3 Å². The molecule has 2 aromatic rings. The van der Waals surface area contributed by atoms with E-state index in [1.807, 2.05) is 30.5 Å². The summed E-state index contributed by atoms with van der Waals surface area (Å²) >= 11 is 1.56. The van der Waals surface area contributed by atoms with E-state index in [-0.39, 0.29) is 5.97 Å². The lowest BCUT2D eigenvalue weighted by molar-refractivity contribution is 0.0477. The van der Waals surface area contributed by atoms with E-state index in [1.165, 1.54) is 0 Å². The molecule has 0 fully saturated rings. The van der Waals surface area contributed by atoms with Crippen LogP contribution < -0.4 is 5.73 Å². The summed E-state index contributed by atoms with van der Waals surface area (Å²) in [6.45, 7) is 2.21. The van der Waals surface area contributed by atoms with Crippen molar-refractivity contribution in [2.45, 2.75) is 13.5 Å². The highest BCUT2D eigenvalue weighted by Crippen LogP contribution is 2.15. The van der Waals surface area contributed by atoms with Gasteiger partial charge in [-0.05, 0) is 36.1 Å². The van der Waals surface area contributed by atoms with Gasteiger partial charge in [-0.3, -0.25) is 0 Å². The molecule has 0 aliphatic rings. The second-order valence-electron chi connectivity index (χ2n) is 3.73. The Morgan fingerprint density at radius 3 is 2.88 bits per heavy atom. The van der Waals surface area contributed by atoms with Crippen molar-refractivity contribution in [3.8, 4) is 0 Å². The molecular weight excluding hydrogens is 234 g/mol. The van der Waals surface area contributed by atoms with Gasteiger partial charge in [-0.15, -0.1) is 11.3 Å². The SMILES string of the molecule is Cc1ccc(C(=O)OCc2cccs2)cc1N. The van der Waals surface area contributed by atoms with Crippen molar-refractivity contribution >= 4 is 23.0 Å². The second kappa shape index (κ2) is 5.01. The van der Waals surface area contributed by atoms with E-state index in [2.05, 4.69) is 0 Å². The van der Waals surface area contributed by atoms with Crippen molar-refractivity contribution in [1.82, 2.24) is 0 Å². The molecule has 0 atom stereocenters. The minimum atomic E-state index is -0.342. The zero-order valence-electron chi connectivity index (χ0n) is 9.47. The molecule has 0 aliphatic carbocycles. The van der Waals surface area contributed by atoms with Crippen LogP contribution in [0.2, 0.25) is 0 Å². The van der Waals surface area contributed by atoms with E-state index >= 15 is 0 Å². The third-order valence-corrected chi connectivity index (χ3v) is 3.29. The highest BCUT2D eigenvalue weighted by molar-refractivity contribution is 7.09. The van der Waals surface area contributed by atoms with Gasteiger partial charge in [0.25, 0.3) is 0 Å². The Balaban J connectivity index is 2.02. The van der Waals surface area contributed by atoms with Gasteiger partial charge in [0.15, 0.2) is 0 Å². The van der Waals surface area contributed by atoms with Crippen molar-refractivity contribution in [3.63, 3.8) is 0 Å². The van der Waals surface area contributed by atoms with Crippen LogP contribution in [0.25, 0.3) is 0 Å². The van der Waals surface area contributed by atoms with Crippen molar-refractivity contribution in [2.75, 3.05) is 5.73 Å². The third kappa shape index (κ3) is 2.85. The van der Waals surface area contributed by atoms with E-state index in [9.17, 15) is 4.79 Å². The Labute approximate surface area is 104 Å². The smallest absolute Gasteiger partial charge is 0.338 e. The molecule has 1 aromatic heterocycles. The number of aryl methyl sites for hydroxylation is 1. The molecule has 2 N–H and O–H groups in total. The quantitative estimate of drug-likeness (QED) is 0.670. The second-order valence-corrected chi connectivity index (χ2v) is 4.76. The van der Waals surface area contributed by atoms with Crippen molar-refractivity contribution < 1.29 is 9.53 Å². The first-order valence-electron chi connectivity index (χ1n) is 5.22. The van der Waals surface area contributed by atoms with Gasteiger partial charge >= 0.3 is 5.97 Å². The zero-order valence-corrected chi connectivity index (χ0v) is 10.3. The van der Waals surface area contributed by atoms with Gasteiger partial charge in [-0.25, -0.2) is 4.79 Å². The first-order chi connectivity index (χ1) is 8.16. The average Bonchev–Trinajstić information content (AvgIpc) is 2.82. The summed E-state index contributed by atoms with van der Waals surface area (Å²) in [5.74, 6) is -0.342. The molecule has 88 valence electrons. The summed E-state index contributed by atoms with van der Waals surface area (Å²) < 4.78 is 5.18. The number of rotatable bonds is 3. The van der Waals surface area contributed by atoms with E-state index < -0.39 is 0 Å². The molecule has 0 bridgehead atoms. The summed E-state index contributed by atoms with van der Waals surface area (Å²) in [5, 5.41) is 1.95. The van der Waals surface area contributed by atoms with E-state index in [0.717, 1.165) is 10.4 Å². The molecule has 1 aromatic carbocycles. The number of ether oxygens (including phenoxy) is 1. The number of hydrogen-bond donors (Lipinski definition) is 1. The monoisotopic (exact) mass is 247 g/mol. The number of nitrogen functional groups attached to an aromatic ring is 1. The summed E-state index contributed by atoms with van der Waals surface area (Å²) in [4.78, 5) is 12.8. The number of nitrogens with two attached hydrogens (primary N) is 1. The lowest BCUT2D eigenvalue weighted by atomic mass is 10.1. The number of benzene rings is 1. The van der Waals surface area contributed by atoms with Crippen LogP contribution >= 0.6 is 11.3 Å². The van der Waals surface area contributed by atoms with Gasteiger partial charge in [-0.1, -0.05) is 12.1 Å². The van der Waals surface area contributed by atoms with Crippen LogP contribution in [0.4, 0.5) is 5.69 Å². The Morgan fingerprint density at radius 1 is 1.41 bits per heavy atom. The first kappa shape index (κ1) is 11.7. The Morgan fingerprint density at radius 2 is 2.24 bits per heavy atom. The minimum absolute atomic E-state index is 0.310. The molecule has 0 spiro atoms. The summed E-state index contributed by atoms with van der Waals surface area (Å²) in [5.41, 5.74) is 7.80. The van der Waals surface area contributed by atoms with Crippen molar-refractivity contribution in [3.05, 3.63) is 51.7 Å². The Hall–Kier alpha value is -1.81. The largest absolute Gasteiger partial charge is 0.456 e. The topological polar surface area (TPSA) is 52.3 Å². The lowest BCUT2D eigenvalue weighted by Gasteiger charge is -2.05. The van der Waals surface area contributed by atoms with Crippen LogP contribution in [0.3, 0.4) is 0 Å². The number of esters is 1. The highest BCUT2D eigenvalue weighted by atomic mass is 32.1. The molecule has 3 nitrogen and oxygen atoms in total. The van der Waals surface area contributed by atoms with E-state index in [0.29, 0.717) is 17.9 Å². The first-order valence-corrected chi connectivity index (χ1v) is 6.10. The molecule has 17 heavy (non-hydrogen) atoms. The van der Waals surface area contributed by atoms with Gasteiger partial charge in [0.2, 0.25) is 0 Å². The fourth-order valence-electron chi connectivity index (χ4n) is 1.38. The number of thiophene rings is 1. The standard InChI is InChI=1S/C13H13NO2S/c1-9-4-5-10(7-12(9)14)13(15)16-8-11-3-2-6-17-11/h2-7H,8,14H2,1H3. The minimum Gasteiger partial charge on any atom is -0.456 e. The molecule has 0 saturated heterocycles. The van der Waals surface area contributed by atoms with Gasteiger partial charge in [0.1, 0.15) is 6.61 Å². The molecule has 0 aliphatic heterocycles. The van der Waals surface area contributed by atoms with Crippen LogP contribution in [0.15, 0.2) is 35.7 Å². The van der Waals surface area contributed by atoms with Crippen LogP contribution in [0, 0.1) is 6.92 Å². The third-order valence-electron chi connectivity index (χ3n) is 2.44. The van der Waals surface area contributed by atoms with Gasteiger partial charge in [0, 0.05) is 10.6 Å². The number of anilines is 1. The number of carbonyl (C=O) groups is 1. The van der Waals surface area contributed by atoms with E-state index in [4.69, 9.17) is 10.5 Å². The van der Waals surface area contributed by atoms with E-state index in [1.54, 1.807) is 23.5 Å². The number of hydrogen-bond acceptors (Lipinski definition) is 4. The molecule has 0 unspecified atom stereocenters. The predicted molar refractivity (Wildman–Crippen MR) is 69.0 cm³/mol. The molecule has 4 heteroatoms. The van der Waals surface area contributed by atoms with Crippen molar-refractivity contribution in [2.24, 2.45) is 0 Å². The lowest BCUT2D eigenvalue weighted by Crippen LogP contribution is -2.05. The molecule has 1 heterocycles. The van der Waals surface area contributed by atoms with Gasteiger partial charge in [0.05, 0.1) is 5.56 Å². The fraction of sp³-hybridized carbons (Fsp3) is 0.154. The fourth-order valence-corrected chi connectivity index (χ4v) is 2.00. The molecule has 0 amide bonds. The normalized spacial score (nSPS) is 10.2. The molecule has 2 rings (SSSR count). The zero-order chi connectivity index (χ0) is 12.3. The van der Waals surface area contributed by atoms with Crippen LogP contribution in [0.1, 0.15) is 20.8 Å². The summed E-state index contributed by atoms with van der Waals surface area (Å²) in [6, 6.07) is 9.05. The average molecular weight is 247 g/mol. The summed E-state index contributed by atoms with van der Waals surface area (Å²) in [6.07, 6.45) is 0. The number of carbonyl (C=O) groups excluding carboxylic acids is 1. The maximum atomic E-state index is 11.7. The van der Waals surface area contributed by atoms with Gasteiger partial charge < -0.3 is 10.5 Å². The predicted octanol–water partition coefficient (Wildman–Crippen LogP) is 3.00. The highest BCUT2D eigenvalue weighted by Gasteiger charge is 2.08. The summed E-state index contributed by atoms with van der Waals surface area (Å²) in [7, 11) is 0. The van der Waals surface area contributed by atoms with Crippen LogP contribution in [0.5, 0.6) is 0 Å². The van der Waals surface area contributed by atoms with Crippen LogP contribution in [-0.4, -0.2) is 5.97 Å². The maximum Gasteiger partial charge on any atom is 0.338 e. The molecular formula is C13H13NO2S. The van der Waals surface area contributed by atoms with Crippen molar-refractivity contribution in [1.29, 1.82) is 0 Å². The Bertz CT molecular complexity index is 520. The van der Waals surface area contributed by atoms with Gasteiger partial charge in [-0.2, -0.15) is 0 Å². The molecule has 0 saturated carbocycles.